The van der Waals surface area contributed by atoms with E-state index < -0.39 is 0 Å². The molecule has 3 atom stereocenters. The van der Waals surface area contributed by atoms with Crippen LogP contribution < -0.4 is 0 Å². The standard InChI is InChI=1S/2C9H16O2/c1-8-2-4-9(5-3-8)10-6-7-11-9;1-7-2-3-8-9(6-7)11-5-4-10-8/h8H,2-7H2,1H3;7-9H,2-6H2,1H3. The number of hydrogen-bond donors (Lipinski definition) is 0. The van der Waals surface area contributed by atoms with Gasteiger partial charge in [-0.2, -0.15) is 0 Å². The molecule has 0 aromatic heterocycles. The van der Waals surface area contributed by atoms with E-state index in [0.717, 1.165) is 51.1 Å². The van der Waals surface area contributed by atoms with Crippen molar-refractivity contribution in [1.82, 2.24) is 0 Å². The van der Waals surface area contributed by atoms with Crippen LogP contribution in [0.25, 0.3) is 0 Å². The molecule has 4 aliphatic rings. The van der Waals surface area contributed by atoms with Gasteiger partial charge in [0.15, 0.2) is 5.79 Å². The van der Waals surface area contributed by atoms with E-state index in [2.05, 4.69) is 13.8 Å². The van der Waals surface area contributed by atoms with Gasteiger partial charge in [0, 0.05) is 12.8 Å². The van der Waals surface area contributed by atoms with E-state index in [-0.39, 0.29) is 5.79 Å². The van der Waals surface area contributed by atoms with Crippen LogP contribution in [0.15, 0.2) is 0 Å². The summed E-state index contributed by atoms with van der Waals surface area (Å²) >= 11 is 0. The van der Waals surface area contributed by atoms with E-state index in [1.54, 1.807) is 0 Å². The molecule has 2 saturated carbocycles. The third kappa shape index (κ3) is 4.22. The van der Waals surface area contributed by atoms with E-state index in [1.165, 1.54) is 32.1 Å². The Labute approximate surface area is 134 Å². The minimum absolute atomic E-state index is 0.146. The highest BCUT2D eigenvalue weighted by Crippen LogP contribution is 2.37. The van der Waals surface area contributed by atoms with Crippen LogP contribution >= 0.6 is 0 Å². The molecular formula is C18H32O4. The van der Waals surface area contributed by atoms with Gasteiger partial charge < -0.3 is 18.9 Å². The highest BCUT2D eigenvalue weighted by molar-refractivity contribution is 4.82. The highest BCUT2D eigenvalue weighted by atomic mass is 16.7. The molecule has 4 fully saturated rings. The number of ether oxygens (including phenoxy) is 4. The molecule has 0 bridgehead atoms. The summed E-state index contributed by atoms with van der Waals surface area (Å²) in [6.45, 7) is 7.81. The average molecular weight is 312 g/mol. The Morgan fingerprint density at radius 1 is 0.682 bits per heavy atom. The third-order valence-corrected chi connectivity index (χ3v) is 5.59. The van der Waals surface area contributed by atoms with Crippen LogP contribution in [0.1, 0.15) is 58.8 Å². The Balaban J connectivity index is 0.000000131. The molecule has 4 rings (SSSR count). The molecule has 2 heterocycles. The minimum Gasteiger partial charge on any atom is -0.373 e. The predicted octanol–water partition coefficient (Wildman–Crippen LogP) is 3.53. The normalized spacial score (nSPS) is 38.2. The van der Waals surface area contributed by atoms with Gasteiger partial charge in [-0.05, 0) is 43.9 Å². The van der Waals surface area contributed by atoms with Crippen molar-refractivity contribution >= 4 is 0 Å². The average Bonchev–Trinajstić information content (AvgIpc) is 3.00. The number of hydrogen-bond acceptors (Lipinski definition) is 4. The van der Waals surface area contributed by atoms with Crippen LogP contribution in [0.3, 0.4) is 0 Å². The molecule has 128 valence electrons. The van der Waals surface area contributed by atoms with E-state index in [0.29, 0.717) is 12.2 Å². The molecule has 0 N–H and O–H groups in total. The van der Waals surface area contributed by atoms with Crippen molar-refractivity contribution in [2.45, 2.75) is 76.8 Å². The van der Waals surface area contributed by atoms with Gasteiger partial charge >= 0.3 is 0 Å². The van der Waals surface area contributed by atoms with Crippen molar-refractivity contribution in [3.8, 4) is 0 Å². The second-order valence-electron chi connectivity index (χ2n) is 7.53. The van der Waals surface area contributed by atoms with Crippen LogP contribution in [-0.4, -0.2) is 44.4 Å². The highest BCUT2D eigenvalue weighted by Gasteiger charge is 2.39. The molecule has 1 spiro atoms. The Morgan fingerprint density at radius 2 is 1.32 bits per heavy atom. The molecule has 3 unspecified atom stereocenters. The molecule has 0 amide bonds. The Bertz CT molecular complexity index is 330. The van der Waals surface area contributed by atoms with Gasteiger partial charge in [0.1, 0.15) is 0 Å². The van der Waals surface area contributed by atoms with Gasteiger partial charge in [0.2, 0.25) is 0 Å². The second-order valence-corrected chi connectivity index (χ2v) is 7.53. The fourth-order valence-electron chi connectivity index (χ4n) is 4.05. The van der Waals surface area contributed by atoms with Crippen LogP contribution in [0.2, 0.25) is 0 Å². The summed E-state index contributed by atoms with van der Waals surface area (Å²) in [7, 11) is 0. The summed E-state index contributed by atoms with van der Waals surface area (Å²) in [6, 6.07) is 0. The van der Waals surface area contributed by atoms with Crippen molar-refractivity contribution in [3.63, 3.8) is 0 Å². The van der Waals surface area contributed by atoms with E-state index in [1.807, 2.05) is 0 Å². The first-order valence-corrected chi connectivity index (χ1v) is 9.18. The zero-order valence-corrected chi connectivity index (χ0v) is 14.2. The van der Waals surface area contributed by atoms with Gasteiger partial charge in [-0.3, -0.25) is 0 Å². The van der Waals surface area contributed by atoms with Crippen LogP contribution in [0.4, 0.5) is 0 Å². The predicted molar refractivity (Wildman–Crippen MR) is 84.8 cm³/mol. The maximum Gasteiger partial charge on any atom is 0.168 e. The summed E-state index contributed by atoms with van der Waals surface area (Å²) in [4.78, 5) is 0. The SMILES string of the molecule is CC1CCC2(CC1)OCCO2.CC1CCC2OCCOC2C1. The molecule has 0 aromatic carbocycles. The van der Waals surface area contributed by atoms with E-state index in [4.69, 9.17) is 18.9 Å². The minimum atomic E-state index is -0.146. The second kappa shape index (κ2) is 7.61. The largest absolute Gasteiger partial charge is 0.373 e. The van der Waals surface area contributed by atoms with Crippen molar-refractivity contribution in [2.75, 3.05) is 26.4 Å². The van der Waals surface area contributed by atoms with Crippen LogP contribution in [0, 0.1) is 11.8 Å². The molecule has 2 aliphatic heterocycles. The topological polar surface area (TPSA) is 36.9 Å². The van der Waals surface area contributed by atoms with E-state index in [9.17, 15) is 0 Å². The molecule has 2 aliphatic carbocycles. The van der Waals surface area contributed by atoms with Crippen LogP contribution in [-0.2, 0) is 18.9 Å². The zero-order valence-electron chi connectivity index (χ0n) is 14.2. The maximum absolute atomic E-state index is 5.63. The zero-order chi connectivity index (χ0) is 15.4. The first-order valence-electron chi connectivity index (χ1n) is 9.18. The fourth-order valence-corrected chi connectivity index (χ4v) is 4.05. The Morgan fingerprint density at radius 3 is 2.00 bits per heavy atom. The Kier molecular flexibility index (Phi) is 5.77. The molecule has 22 heavy (non-hydrogen) atoms. The monoisotopic (exact) mass is 312 g/mol. The lowest BCUT2D eigenvalue weighted by molar-refractivity contribution is -0.181. The summed E-state index contributed by atoms with van der Waals surface area (Å²) in [5.41, 5.74) is 0. The maximum atomic E-state index is 5.63. The lowest BCUT2D eigenvalue weighted by Gasteiger charge is -2.37. The van der Waals surface area contributed by atoms with Crippen molar-refractivity contribution < 1.29 is 18.9 Å². The van der Waals surface area contributed by atoms with E-state index >= 15 is 0 Å². The Hall–Kier alpha value is -0.160. The van der Waals surface area contributed by atoms with Crippen molar-refractivity contribution in [2.24, 2.45) is 11.8 Å². The fraction of sp³-hybridized carbons (Fsp3) is 1.00. The van der Waals surface area contributed by atoms with Crippen molar-refractivity contribution in [3.05, 3.63) is 0 Å². The van der Waals surface area contributed by atoms with Gasteiger partial charge in [0.05, 0.1) is 38.6 Å². The molecule has 0 radical (unpaired) electrons. The van der Waals surface area contributed by atoms with Crippen molar-refractivity contribution in [1.29, 1.82) is 0 Å². The number of fused-ring (bicyclic) bond motifs is 1. The summed E-state index contributed by atoms with van der Waals surface area (Å²) < 4.78 is 22.4. The first-order chi connectivity index (χ1) is 10.7. The molecule has 4 heteroatoms. The quantitative estimate of drug-likeness (QED) is 0.686. The smallest absolute Gasteiger partial charge is 0.168 e. The van der Waals surface area contributed by atoms with Gasteiger partial charge in [-0.1, -0.05) is 13.8 Å². The van der Waals surface area contributed by atoms with Crippen LogP contribution in [0.5, 0.6) is 0 Å². The first kappa shape index (κ1) is 16.7. The summed E-state index contributed by atoms with van der Waals surface area (Å²) in [5, 5.41) is 0. The summed E-state index contributed by atoms with van der Waals surface area (Å²) in [5.74, 6) is 1.55. The summed E-state index contributed by atoms with van der Waals surface area (Å²) in [6.07, 6.45) is 9.27. The molecule has 4 nitrogen and oxygen atoms in total. The van der Waals surface area contributed by atoms with Gasteiger partial charge in [-0.15, -0.1) is 0 Å². The van der Waals surface area contributed by atoms with Gasteiger partial charge in [0.25, 0.3) is 0 Å². The molecule has 2 saturated heterocycles. The third-order valence-electron chi connectivity index (χ3n) is 5.59. The lowest BCUT2D eigenvalue weighted by atomic mass is 9.86. The molecular weight excluding hydrogens is 280 g/mol. The lowest BCUT2D eigenvalue weighted by Crippen LogP contribution is -2.42. The number of rotatable bonds is 0. The van der Waals surface area contributed by atoms with Gasteiger partial charge in [-0.25, -0.2) is 0 Å². The molecule has 0 aromatic rings.